The predicted octanol–water partition coefficient (Wildman–Crippen LogP) is 6.64. The number of carbonyl (C=O) groups excluding carboxylic acids is 2. The summed E-state index contributed by atoms with van der Waals surface area (Å²) >= 11 is 13.4. The third kappa shape index (κ3) is 4.52. The molecule has 1 aliphatic rings. The average molecular weight is 555 g/mol. The van der Waals surface area contributed by atoms with Crippen LogP contribution in [-0.4, -0.2) is 35.5 Å². The van der Waals surface area contributed by atoms with Crippen molar-refractivity contribution in [2.24, 2.45) is 0 Å². The molecule has 1 aromatic heterocycles. The molecule has 4 aromatic rings. The maximum absolute atomic E-state index is 13.5. The quantitative estimate of drug-likeness (QED) is 0.163. The third-order valence-electron chi connectivity index (χ3n) is 5.91. The molecule has 37 heavy (non-hydrogen) atoms. The van der Waals surface area contributed by atoms with Gasteiger partial charge in [-0.2, -0.15) is 0 Å². The highest BCUT2D eigenvalue weighted by molar-refractivity contribution is 7.22. The summed E-state index contributed by atoms with van der Waals surface area (Å²) in [5.41, 5.74) is 1.44. The Morgan fingerprint density at radius 2 is 1.76 bits per heavy atom. The third-order valence-corrected chi connectivity index (χ3v) is 7.42. The number of anilines is 1. The standard InChI is InChI=1S/C27H20Cl2N2O5S/c1-3-36-19-11-6-15(12-20(19)35-2)23-22(24(32)14-4-7-16(28)8-5-14)25(33)26(34)31(23)27-30-18-10-9-17(29)13-21(18)37-27/h4-13,23,32H,3H2,1-2H3. The number of amides is 1. The lowest BCUT2D eigenvalue weighted by Gasteiger charge is -2.24. The van der Waals surface area contributed by atoms with Crippen molar-refractivity contribution in [3.05, 3.63) is 87.4 Å². The molecule has 7 nitrogen and oxygen atoms in total. The molecule has 5 rings (SSSR count). The highest BCUT2D eigenvalue weighted by Gasteiger charge is 2.48. The Kier molecular flexibility index (Phi) is 6.81. The molecule has 2 heterocycles. The molecule has 1 aliphatic heterocycles. The van der Waals surface area contributed by atoms with Gasteiger partial charge in [-0.25, -0.2) is 4.98 Å². The SMILES string of the molecule is CCOc1ccc(C2C(=C(O)c3ccc(Cl)cc3)C(=O)C(=O)N2c2nc3ccc(Cl)cc3s2)cc1OC. The van der Waals surface area contributed by atoms with E-state index >= 15 is 0 Å². The van der Waals surface area contributed by atoms with Crippen LogP contribution in [0.2, 0.25) is 10.0 Å². The van der Waals surface area contributed by atoms with Crippen molar-refractivity contribution in [2.45, 2.75) is 13.0 Å². The summed E-state index contributed by atoms with van der Waals surface area (Å²) in [4.78, 5) is 32.8. The van der Waals surface area contributed by atoms with Crippen LogP contribution in [0, 0.1) is 0 Å². The van der Waals surface area contributed by atoms with Gasteiger partial charge in [-0.3, -0.25) is 14.5 Å². The predicted molar refractivity (Wildman–Crippen MR) is 145 cm³/mol. The minimum Gasteiger partial charge on any atom is -0.507 e. The van der Waals surface area contributed by atoms with Gasteiger partial charge in [0.05, 0.1) is 35.5 Å². The lowest BCUT2D eigenvalue weighted by molar-refractivity contribution is -0.132. The molecule has 1 amide bonds. The van der Waals surface area contributed by atoms with Crippen LogP contribution < -0.4 is 14.4 Å². The number of halogens is 2. The maximum atomic E-state index is 13.5. The molecular weight excluding hydrogens is 535 g/mol. The van der Waals surface area contributed by atoms with Gasteiger partial charge in [0.1, 0.15) is 5.76 Å². The van der Waals surface area contributed by atoms with Crippen LogP contribution in [0.15, 0.2) is 66.2 Å². The van der Waals surface area contributed by atoms with Gasteiger partial charge in [-0.1, -0.05) is 40.6 Å². The van der Waals surface area contributed by atoms with Crippen LogP contribution in [0.5, 0.6) is 11.5 Å². The molecule has 1 atom stereocenters. The molecule has 0 bridgehead atoms. The lowest BCUT2D eigenvalue weighted by Crippen LogP contribution is -2.29. The fourth-order valence-corrected chi connectivity index (χ4v) is 5.62. The van der Waals surface area contributed by atoms with E-state index in [-0.39, 0.29) is 11.3 Å². The minimum absolute atomic E-state index is 0.0733. The van der Waals surface area contributed by atoms with Gasteiger partial charge >= 0.3 is 5.91 Å². The van der Waals surface area contributed by atoms with Crippen LogP contribution in [0.4, 0.5) is 5.13 Å². The molecule has 0 aliphatic carbocycles. The van der Waals surface area contributed by atoms with E-state index in [1.165, 1.54) is 23.3 Å². The number of thiazole rings is 1. The number of carbonyl (C=O) groups is 2. The summed E-state index contributed by atoms with van der Waals surface area (Å²) in [6, 6.07) is 15.7. The monoisotopic (exact) mass is 554 g/mol. The number of rotatable bonds is 6. The summed E-state index contributed by atoms with van der Waals surface area (Å²) in [5.74, 6) is -1.02. The van der Waals surface area contributed by atoms with Gasteiger partial charge < -0.3 is 14.6 Å². The number of aliphatic hydroxyl groups excluding tert-OH is 1. The maximum Gasteiger partial charge on any atom is 0.301 e. The van der Waals surface area contributed by atoms with E-state index in [1.54, 1.807) is 60.7 Å². The smallest absolute Gasteiger partial charge is 0.301 e. The Hall–Kier alpha value is -3.59. The zero-order valence-electron chi connectivity index (χ0n) is 19.7. The number of hydrogen-bond acceptors (Lipinski definition) is 7. The van der Waals surface area contributed by atoms with E-state index in [0.29, 0.717) is 49.9 Å². The normalized spacial score (nSPS) is 17.0. The van der Waals surface area contributed by atoms with Gasteiger partial charge in [0, 0.05) is 15.6 Å². The second-order valence-corrected chi connectivity index (χ2v) is 10.0. The van der Waals surface area contributed by atoms with E-state index in [2.05, 4.69) is 4.98 Å². The van der Waals surface area contributed by atoms with Crippen molar-refractivity contribution >= 4 is 67.3 Å². The summed E-state index contributed by atoms with van der Waals surface area (Å²) < 4.78 is 11.9. The Bertz CT molecular complexity index is 1570. The number of nitrogens with zero attached hydrogens (tertiary/aromatic N) is 2. The summed E-state index contributed by atoms with van der Waals surface area (Å²) in [6.45, 7) is 2.28. The molecule has 1 fully saturated rings. The van der Waals surface area contributed by atoms with Gasteiger partial charge in [0.2, 0.25) is 0 Å². The van der Waals surface area contributed by atoms with Crippen molar-refractivity contribution in [2.75, 3.05) is 18.6 Å². The van der Waals surface area contributed by atoms with Crippen molar-refractivity contribution < 1.29 is 24.2 Å². The van der Waals surface area contributed by atoms with Crippen LogP contribution in [-0.2, 0) is 9.59 Å². The first kappa shape index (κ1) is 25.1. The van der Waals surface area contributed by atoms with Crippen LogP contribution in [0.25, 0.3) is 16.0 Å². The molecule has 188 valence electrons. The fourth-order valence-electron chi connectivity index (χ4n) is 4.23. The molecule has 1 N–H and O–H groups in total. The number of ether oxygens (including phenoxy) is 2. The van der Waals surface area contributed by atoms with Crippen LogP contribution in [0.1, 0.15) is 24.1 Å². The summed E-state index contributed by atoms with van der Waals surface area (Å²) in [5, 5.41) is 12.6. The summed E-state index contributed by atoms with van der Waals surface area (Å²) in [6.07, 6.45) is 0. The van der Waals surface area contributed by atoms with E-state index < -0.39 is 17.7 Å². The van der Waals surface area contributed by atoms with Gasteiger partial charge in [-0.15, -0.1) is 0 Å². The van der Waals surface area contributed by atoms with Gasteiger partial charge in [-0.05, 0) is 67.1 Å². The Balaban J connectivity index is 1.73. The number of hydrogen-bond donors (Lipinski definition) is 1. The molecule has 3 aromatic carbocycles. The zero-order valence-corrected chi connectivity index (χ0v) is 22.0. The first-order valence-corrected chi connectivity index (χ1v) is 12.8. The first-order chi connectivity index (χ1) is 17.8. The van der Waals surface area contributed by atoms with Crippen molar-refractivity contribution in [3.8, 4) is 11.5 Å². The molecule has 0 radical (unpaired) electrons. The Morgan fingerprint density at radius 1 is 1.03 bits per heavy atom. The zero-order chi connectivity index (χ0) is 26.3. The number of aliphatic hydroxyl groups is 1. The molecule has 0 spiro atoms. The summed E-state index contributed by atoms with van der Waals surface area (Å²) in [7, 11) is 1.50. The van der Waals surface area contributed by atoms with Gasteiger partial charge in [0.25, 0.3) is 5.78 Å². The molecular formula is C27H20Cl2N2O5S. The van der Waals surface area contributed by atoms with E-state index in [0.717, 1.165) is 4.70 Å². The van der Waals surface area contributed by atoms with E-state index in [4.69, 9.17) is 32.7 Å². The molecule has 1 saturated heterocycles. The number of benzene rings is 3. The number of Topliss-reactive ketones (excluding diaryl/α,β-unsaturated/α-hetero) is 1. The van der Waals surface area contributed by atoms with Crippen molar-refractivity contribution in [3.63, 3.8) is 0 Å². The largest absolute Gasteiger partial charge is 0.507 e. The number of aromatic nitrogens is 1. The average Bonchev–Trinajstić information content (AvgIpc) is 3.42. The lowest BCUT2D eigenvalue weighted by atomic mass is 9.95. The minimum atomic E-state index is -0.976. The first-order valence-electron chi connectivity index (χ1n) is 11.3. The second-order valence-electron chi connectivity index (χ2n) is 8.13. The van der Waals surface area contributed by atoms with Crippen LogP contribution in [0.3, 0.4) is 0 Å². The van der Waals surface area contributed by atoms with Crippen molar-refractivity contribution in [1.29, 1.82) is 0 Å². The highest BCUT2D eigenvalue weighted by atomic mass is 35.5. The topological polar surface area (TPSA) is 89.0 Å². The van der Waals surface area contributed by atoms with E-state index in [1.807, 2.05) is 6.92 Å². The van der Waals surface area contributed by atoms with E-state index in [9.17, 15) is 14.7 Å². The molecule has 10 heteroatoms. The number of ketones is 1. The highest BCUT2D eigenvalue weighted by Crippen LogP contribution is 2.46. The molecule has 1 unspecified atom stereocenters. The Labute approximate surface area is 226 Å². The fraction of sp³-hybridized carbons (Fsp3) is 0.148. The number of fused-ring (bicyclic) bond motifs is 1. The van der Waals surface area contributed by atoms with Crippen molar-refractivity contribution in [1.82, 2.24) is 4.98 Å². The molecule has 0 saturated carbocycles. The van der Waals surface area contributed by atoms with Gasteiger partial charge in [0.15, 0.2) is 16.6 Å². The number of methoxy groups -OCH3 is 1. The Morgan fingerprint density at radius 3 is 2.46 bits per heavy atom. The second kappa shape index (κ2) is 10.0. The van der Waals surface area contributed by atoms with Crippen LogP contribution >= 0.6 is 34.5 Å².